The lowest BCUT2D eigenvalue weighted by Gasteiger charge is -2.00. The highest BCUT2D eigenvalue weighted by Crippen LogP contribution is 1.93. The molecule has 0 rings (SSSR count). The molecule has 0 atom stereocenters. The number of hydrogen-bond donors (Lipinski definition) is 1. The molecular formula is C10H19NO2. The van der Waals surface area contributed by atoms with Crippen LogP contribution in [0.15, 0.2) is 11.6 Å². The first-order valence-electron chi connectivity index (χ1n) is 4.68. The highest BCUT2D eigenvalue weighted by Gasteiger charge is 2.00. The Morgan fingerprint density at radius 1 is 1.54 bits per heavy atom. The van der Waals surface area contributed by atoms with Crippen molar-refractivity contribution in [2.24, 2.45) is 0 Å². The van der Waals surface area contributed by atoms with Crippen molar-refractivity contribution in [2.45, 2.75) is 26.7 Å². The Balaban J connectivity index is 3.53. The summed E-state index contributed by atoms with van der Waals surface area (Å²) in [6.07, 6.45) is 4.21. The molecule has 1 N–H and O–H groups in total. The van der Waals surface area contributed by atoms with Gasteiger partial charge in [0, 0.05) is 12.1 Å². The summed E-state index contributed by atoms with van der Waals surface area (Å²) in [5.74, 6) is -0.253. The molecule has 3 nitrogen and oxygen atoms in total. The van der Waals surface area contributed by atoms with E-state index in [-0.39, 0.29) is 5.97 Å². The molecule has 0 spiro atoms. The Labute approximate surface area is 80.2 Å². The highest BCUT2D eigenvalue weighted by molar-refractivity contribution is 5.87. The standard InChI is InChI=1S/C10H19NO2/c1-4-5-7-11-8-6-9(2)10(12)13-3/h6,11H,4-5,7-8H2,1-3H3/b9-6-. The Bertz CT molecular complexity index is 176. The Morgan fingerprint density at radius 3 is 2.77 bits per heavy atom. The highest BCUT2D eigenvalue weighted by atomic mass is 16.5. The number of carbonyl (C=O) groups is 1. The summed E-state index contributed by atoms with van der Waals surface area (Å²) in [5.41, 5.74) is 0.659. The van der Waals surface area contributed by atoms with Gasteiger partial charge in [0.25, 0.3) is 0 Å². The Kier molecular flexibility index (Phi) is 7.30. The summed E-state index contributed by atoms with van der Waals surface area (Å²) in [4.78, 5) is 10.9. The van der Waals surface area contributed by atoms with Gasteiger partial charge < -0.3 is 10.1 Å². The smallest absolute Gasteiger partial charge is 0.333 e. The number of nitrogens with one attached hydrogen (secondary N) is 1. The van der Waals surface area contributed by atoms with Gasteiger partial charge >= 0.3 is 5.97 Å². The molecule has 0 saturated carbocycles. The molecule has 0 amide bonds. The summed E-state index contributed by atoms with van der Waals surface area (Å²) in [7, 11) is 1.39. The van der Waals surface area contributed by atoms with Crippen LogP contribution in [0.1, 0.15) is 26.7 Å². The minimum Gasteiger partial charge on any atom is -0.466 e. The number of unbranched alkanes of at least 4 members (excludes halogenated alkanes) is 1. The Morgan fingerprint density at radius 2 is 2.23 bits per heavy atom. The van der Waals surface area contributed by atoms with Crippen molar-refractivity contribution >= 4 is 5.97 Å². The summed E-state index contributed by atoms with van der Waals surface area (Å²) in [6.45, 7) is 5.65. The predicted octanol–water partition coefficient (Wildman–Crippen LogP) is 1.50. The van der Waals surface area contributed by atoms with Crippen molar-refractivity contribution in [3.05, 3.63) is 11.6 Å². The van der Waals surface area contributed by atoms with E-state index < -0.39 is 0 Å². The summed E-state index contributed by atoms with van der Waals surface area (Å²) in [6, 6.07) is 0. The molecule has 0 heterocycles. The minimum absolute atomic E-state index is 0.253. The van der Waals surface area contributed by atoms with Crippen molar-refractivity contribution in [1.82, 2.24) is 5.32 Å². The molecule has 0 aromatic carbocycles. The third kappa shape index (κ3) is 6.34. The maximum Gasteiger partial charge on any atom is 0.333 e. The van der Waals surface area contributed by atoms with E-state index in [1.807, 2.05) is 6.08 Å². The van der Waals surface area contributed by atoms with Crippen molar-refractivity contribution in [2.75, 3.05) is 20.2 Å². The molecule has 0 fully saturated rings. The fourth-order valence-electron chi connectivity index (χ4n) is 0.873. The van der Waals surface area contributed by atoms with Crippen LogP contribution < -0.4 is 5.32 Å². The molecular weight excluding hydrogens is 166 g/mol. The van der Waals surface area contributed by atoms with Crippen LogP contribution in [-0.4, -0.2) is 26.2 Å². The van der Waals surface area contributed by atoms with Crippen LogP contribution in [0.3, 0.4) is 0 Å². The molecule has 0 saturated heterocycles. The maximum absolute atomic E-state index is 10.9. The van der Waals surface area contributed by atoms with Gasteiger partial charge in [-0.2, -0.15) is 0 Å². The SMILES string of the molecule is CCCCNC/C=C(/C)C(=O)OC. The molecule has 0 aromatic rings. The molecule has 3 heteroatoms. The zero-order valence-corrected chi connectivity index (χ0v) is 8.72. The first-order valence-corrected chi connectivity index (χ1v) is 4.68. The van der Waals surface area contributed by atoms with E-state index in [2.05, 4.69) is 17.0 Å². The van der Waals surface area contributed by atoms with Crippen LogP contribution >= 0.6 is 0 Å². The zero-order valence-electron chi connectivity index (χ0n) is 8.72. The van der Waals surface area contributed by atoms with E-state index in [9.17, 15) is 4.79 Å². The molecule has 13 heavy (non-hydrogen) atoms. The first kappa shape index (κ1) is 12.2. The number of methoxy groups -OCH3 is 1. The average molecular weight is 185 g/mol. The van der Waals surface area contributed by atoms with Crippen molar-refractivity contribution in [3.63, 3.8) is 0 Å². The van der Waals surface area contributed by atoms with Crippen LogP contribution in [0, 0.1) is 0 Å². The maximum atomic E-state index is 10.9. The normalized spacial score (nSPS) is 11.5. The van der Waals surface area contributed by atoms with E-state index >= 15 is 0 Å². The number of ether oxygens (including phenoxy) is 1. The van der Waals surface area contributed by atoms with Gasteiger partial charge in [0.2, 0.25) is 0 Å². The molecule has 0 aliphatic rings. The van der Waals surface area contributed by atoms with Crippen molar-refractivity contribution < 1.29 is 9.53 Å². The molecule has 0 aliphatic carbocycles. The second-order valence-corrected chi connectivity index (χ2v) is 2.94. The second-order valence-electron chi connectivity index (χ2n) is 2.94. The van der Waals surface area contributed by atoms with Gasteiger partial charge in [0.05, 0.1) is 7.11 Å². The largest absolute Gasteiger partial charge is 0.466 e. The molecule has 0 bridgehead atoms. The van der Waals surface area contributed by atoms with Crippen molar-refractivity contribution in [3.8, 4) is 0 Å². The zero-order chi connectivity index (χ0) is 10.1. The van der Waals surface area contributed by atoms with Gasteiger partial charge in [-0.15, -0.1) is 0 Å². The van der Waals surface area contributed by atoms with E-state index in [1.165, 1.54) is 20.0 Å². The van der Waals surface area contributed by atoms with Gasteiger partial charge in [-0.1, -0.05) is 19.4 Å². The van der Waals surface area contributed by atoms with Gasteiger partial charge in [-0.25, -0.2) is 4.79 Å². The van der Waals surface area contributed by atoms with Crippen LogP contribution in [-0.2, 0) is 9.53 Å². The minimum atomic E-state index is -0.253. The van der Waals surface area contributed by atoms with Gasteiger partial charge in [-0.3, -0.25) is 0 Å². The number of carbonyl (C=O) groups excluding carboxylic acids is 1. The van der Waals surface area contributed by atoms with Crippen LogP contribution in [0.4, 0.5) is 0 Å². The molecule has 0 aliphatic heterocycles. The van der Waals surface area contributed by atoms with E-state index in [0.29, 0.717) is 5.57 Å². The lowest BCUT2D eigenvalue weighted by Crippen LogP contribution is -2.16. The monoisotopic (exact) mass is 185 g/mol. The number of esters is 1. The van der Waals surface area contributed by atoms with E-state index in [0.717, 1.165) is 13.1 Å². The topological polar surface area (TPSA) is 38.3 Å². The summed E-state index contributed by atoms with van der Waals surface area (Å²) >= 11 is 0. The predicted molar refractivity (Wildman–Crippen MR) is 53.6 cm³/mol. The quantitative estimate of drug-likeness (QED) is 0.387. The summed E-state index contributed by atoms with van der Waals surface area (Å²) in [5, 5.41) is 3.21. The fraction of sp³-hybridized carbons (Fsp3) is 0.700. The van der Waals surface area contributed by atoms with Crippen LogP contribution in [0.25, 0.3) is 0 Å². The lowest BCUT2D eigenvalue weighted by molar-refractivity contribution is -0.136. The van der Waals surface area contributed by atoms with Gasteiger partial charge in [-0.05, 0) is 19.9 Å². The second kappa shape index (κ2) is 7.80. The molecule has 0 aromatic heterocycles. The van der Waals surface area contributed by atoms with Gasteiger partial charge in [0.15, 0.2) is 0 Å². The number of hydrogen-bond acceptors (Lipinski definition) is 3. The fourth-order valence-corrected chi connectivity index (χ4v) is 0.873. The van der Waals surface area contributed by atoms with Crippen molar-refractivity contribution in [1.29, 1.82) is 0 Å². The van der Waals surface area contributed by atoms with Crippen LogP contribution in [0.2, 0.25) is 0 Å². The number of rotatable bonds is 6. The molecule has 76 valence electrons. The van der Waals surface area contributed by atoms with E-state index in [1.54, 1.807) is 6.92 Å². The Hall–Kier alpha value is -0.830. The third-order valence-electron chi connectivity index (χ3n) is 1.77. The first-order chi connectivity index (χ1) is 6.22. The summed E-state index contributed by atoms with van der Waals surface area (Å²) < 4.78 is 4.56. The van der Waals surface area contributed by atoms with Crippen LogP contribution in [0.5, 0.6) is 0 Å². The average Bonchev–Trinajstić information content (AvgIpc) is 2.16. The van der Waals surface area contributed by atoms with Gasteiger partial charge in [0.1, 0.15) is 0 Å². The molecule has 0 unspecified atom stereocenters. The lowest BCUT2D eigenvalue weighted by atomic mass is 10.3. The molecule has 0 radical (unpaired) electrons. The van der Waals surface area contributed by atoms with E-state index in [4.69, 9.17) is 0 Å². The third-order valence-corrected chi connectivity index (χ3v) is 1.77.